The van der Waals surface area contributed by atoms with Crippen molar-refractivity contribution in [2.45, 2.75) is 25.7 Å². The number of carbonyl (C=O) groups excluding carboxylic acids is 1. The molecule has 0 aliphatic carbocycles. The van der Waals surface area contributed by atoms with Gasteiger partial charge in [-0.2, -0.15) is 0 Å². The van der Waals surface area contributed by atoms with Gasteiger partial charge in [0.05, 0.1) is 4.90 Å². The van der Waals surface area contributed by atoms with Crippen molar-refractivity contribution >= 4 is 21.6 Å². The molecule has 0 unspecified atom stereocenters. The second kappa shape index (κ2) is 7.76. The topological polar surface area (TPSA) is 66.5 Å². The molecule has 2 aromatic carbocycles. The highest BCUT2D eigenvalue weighted by Gasteiger charge is 2.16. The Balaban J connectivity index is 2.07. The van der Waals surface area contributed by atoms with Gasteiger partial charge in [0, 0.05) is 25.7 Å². The number of carbonyl (C=O) groups is 1. The van der Waals surface area contributed by atoms with Crippen LogP contribution in [0.5, 0.6) is 0 Å². The molecule has 0 bridgehead atoms. The fourth-order valence-corrected chi connectivity index (χ4v) is 3.37. The minimum absolute atomic E-state index is 0.0190. The van der Waals surface area contributed by atoms with Gasteiger partial charge in [-0.05, 0) is 61.4 Å². The fraction of sp³-hybridized carbons (Fsp3) is 0.278. The normalized spacial score (nSPS) is 11.4. The van der Waals surface area contributed by atoms with E-state index in [2.05, 4.69) is 4.72 Å². The summed E-state index contributed by atoms with van der Waals surface area (Å²) in [6.07, 6.45) is 0. The van der Waals surface area contributed by atoms with Crippen LogP contribution in [0.4, 0.5) is 10.1 Å². The number of aryl methyl sites for hydroxylation is 2. The van der Waals surface area contributed by atoms with E-state index < -0.39 is 15.8 Å². The largest absolute Gasteiger partial charge is 0.311 e. The molecule has 5 nitrogen and oxygen atoms in total. The molecular formula is C18H21FN2O3S. The van der Waals surface area contributed by atoms with E-state index in [1.54, 1.807) is 0 Å². The van der Waals surface area contributed by atoms with Gasteiger partial charge < -0.3 is 4.90 Å². The van der Waals surface area contributed by atoms with E-state index in [1.165, 1.54) is 24.0 Å². The van der Waals surface area contributed by atoms with Crippen LogP contribution in [-0.2, 0) is 14.8 Å². The van der Waals surface area contributed by atoms with Gasteiger partial charge >= 0.3 is 0 Å². The van der Waals surface area contributed by atoms with Crippen LogP contribution < -0.4 is 9.62 Å². The summed E-state index contributed by atoms with van der Waals surface area (Å²) in [6.45, 7) is 5.61. The van der Waals surface area contributed by atoms with Gasteiger partial charge in [-0.25, -0.2) is 17.5 Å². The number of amides is 1. The molecule has 0 aromatic heterocycles. The third-order valence-corrected chi connectivity index (χ3v) is 5.41. The van der Waals surface area contributed by atoms with E-state index >= 15 is 0 Å². The highest BCUT2D eigenvalue weighted by Crippen LogP contribution is 2.19. The minimum atomic E-state index is -3.75. The molecule has 0 aliphatic rings. The Bertz CT molecular complexity index is 864. The number of hydrogen-bond donors (Lipinski definition) is 1. The van der Waals surface area contributed by atoms with Crippen LogP contribution >= 0.6 is 0 Å². The first-order chi connectivity index (χ1) is 11.7. The summed E-state index contributed by atoms with van der Waals surface area (Å²) in [7, 11) is -3.75. The molecule has 25 heavy (non-hydrogen) atoms. The minimum Gasteiger partial charge on any atom is -0.311 e. The molecular weight excluding hydrogens is 343 g/mol. The van der Waals surface area contributed by atoms with Gasteiger partial charge in [0.15, 0.2) is 0 Å². The van der Waals surface area contributed by atoms with Gasteiger partial charge in [-0.15, -0.1) is 0 Å². The van der Waals surface area contributed by atoms with E-state index in [-0.39, 0.29) is 23.9 Å². The van der Waals surface area contributed by atoms with Crippen LogP contribution in [0.3, 0.4) is 0 Å². The monoisotopic (exact) mass is 364 g/mol. The van der Waals surface area contributed by atoms with E-state index in [9.17, 15) is 17.6 Å². The predicted octanol–water partition coefficient (Wildman–Crippen LogP) is 2.77. The number of halogens is 1. The summed E-state index contributed by atoms with van der Waals surface area (Å²) in [4.78, 5) is 13.4. The van der Waals surface area contributed by atoms with Gasteiger partial charge in [0.1, 0.15) is 5.82 Å². The number of nitrogens with one attached hydrogen (secondary N) is 1. The fourth-order valence-electron chi connectivity index (χ4n) is 2.35. The number of nitrogens with zero attached hydrogens (tertiary/aromatic N) is 1. The number of sulfonamides is 1. The quantitative estimate of drug-likeness (QED) is 0.857. The summed E-state index contributed by atoms with van der Waals surface area (Å²) in [5.41, 5.74) is 2.89. The van der Waals surface area contributed by atoms with E-state index in [4.69, 9.17) is 0 Å². The first kappa shape index (κ1) is 19.1. The third-order valence-electron chi connectivity index (χ3n) is 3.93. The Labute approximate surface area is 147 Å². The first-order valence-electron chi connectivity index (χ1n) is 7.81. The van der Waals surface area contributed by atoms with Crippen molar-refractivity contribution in [3.63, 3.8) is 0 Å². The zero-order valence-electron chi connectivity index (χ0n) is 14.4. The molecule has 0 saturated carbocycles. The molecule has 2 aromatic rings. The Kier molecular flexibility index (Phi) is 5.92. The average molecular weight is 364 g/mol. The zero-order valence-corrected chi connectivity index (χ0v) is 15.2. The first-order valence-corrected chi connectivity index (χ1v) is 9.29. The molecule has 0 aliphatic heterocycles. The summed E-state index contributed by atoms with van der Waals surface area (Å²) in [5, 5.41) is 0. The van der Waals surface area contributed by atoms with E-state index in [0.29, 0.717) is 0 Å². The lowest BCUT2D eigenvalue weighted by Crippen LogP contribution is -2.37. The maximum Gasteiger partial charge on any atom is 0.240 e. The number of hydrogen-bond acceptors (Lipinski definition) is 3. The van der Waals surface area contributed by atoms with Crippen molar-refractivity contribution in [3.8, 4) is 0 Å². The highest BCUT2D eigenvalue weighted by atomic mass is 32.2. The SMILES string of the molecule is CC(=O)N(CCNS(=O)(=O)c1ccc(F)cc1)c1ccc(C)c(C)c1. The second-order valence-corrected chi connectivity index (χ2v) is 7.56. The summed E-state index contributed by atoms with van der Waals surface area (Å²) in [5.74, 6) is -0.680. The summed E-state index contributed by atoms with van der Waals surface area (Å²) >= 11 is 0. The predicted molar refractivity (Wildman–Crippen MR) is 95.5 cm³/mol. The number of anilines is 1. The Hall–Kier alpha value is -2.25. The summed E-state index contributed by atoms with van der Waals surface area (Å²) in [6, 6.07) is 10.2. The number of benzene rings is 2. The lowest BCUT2D eigenvalue weighted by atomic mass is 10.1. The van der Waals surface area contributed by atoms with Gasteiger partial charge in [0.2, 0.25) is 15.9 Å². The molecule has 0 heterocycles. The molecule has 7 heteroatoms. The molecule has 0 atom stereocenters. The standard InChI is InChI=1S/C18H21FN2O3S/c1-13-4-7-17(12-14(13)2)21(15(3)22)11-10-20-25(23,24)18-8-5-16(19)6-9-18/h4-9,12,20H,10-11H2,1-3H3. The van der Waals surface area contributed by atoms with Crippen molar-refractivity contribution in [2.24, 2.45) is 0 Å². The highest BCUT2D eigenvalue weighted by molar-refractivity contribution is 7.89. The van der Waals surface area contributed by atoms with Crippen LogP contribution in [0, 0.1) is 19.7 Å². The zero-order chi connectivity index (χ0) is 18.6. The van der Waals surface area contributed by atoms with Crippen molar-refractivity contribution in [3.05, 3.63) is 59.4 Å². The maximum atomic E-state index is 12.9. The third kappa shape index (κ3) is 4.87. The molecule has 1 amide bonds. The Morgan fingerprint density at radius 2 is 1.72 bits per heavy atom. The molecule has 0 radical (unpaired) electrons. The summed E-state index contributed by atoms with van der Waals surface area (Å²) < 4.78 is 39.7. The molecule has 134 valence electrons. The van der Waals surface area contributed by atoms with Crippen LogP contribution in [0.15, 0.2) is 47.4 Å². The Morgan fingerprint density at radius 3 is 2.28 bits per heavy atom. The molecule has 0 saturated heterocycles. The van der Waals surface area contributed by atoms with Gasteiger partial charge in [0.25, 0.3) is 0 Å². The molecule has 2 rings (SSSR count). The van der Waals surface area contributed by atoms with Crippen LogP contribution in [-0.4, -0.2) is 27.4 Å². The van der Waals surface area contributed by atoms with Crippen molar-refractivity contribution in [1.82, 2.24) is 4.72 Å². The van der Waals surface area contributed by atoms with Gasteiger partial charge in [-0.1, -0.05) is 6.07 Å². The maximum absolute atomic E-state index is 12.9. The van der Waals surface area contributed by atoms with Crippen LogP contribution in [0.2, 0.25) is 0 Å². The average Bonchev–Trinajstić information content (AvgIpc) is 2.54. The lowest BCUT2D eigenvalue weighted by Gasteiger charge is -2.22. The number of rotatable bonds is 6. The van der Waals surface area contributed by atoms with Crippen LogP contribution in [0.25, 0.3) is 0 Å². The van der Waals surface area contributed by atoms with Crippen LogP contribution in [0.1, 0.15) is 18.1 Å². The van der Waals surface area contributed by atoms with Crippen molar-refractivity contribution in [2.75, 3.05) is 18.0 Å². The van der Waals surface area contributed by atoms with Crippen molar-refractivity contribution < 1.29 is 17.6 Å². The molecule has 0 fully saturated rings. The van der Waals surface area contributed by atoms with Crippen molar-refractivity contribution in [1.29, 1.82) is 0 Å². The second-order valence-electron chi connectivity index (χ2n) is 5.79. The smallest absolute Gasteiger partial charge is 0.240 e. The van der Waals surface area contributed by atoms with E-state index in [0.717, 1.165) is 28.9 Å². The molecule has 0 spiro atoms. The van der Waals surface area contributed by atoms with Gasteiger partial charge in [-0.3, -0.25) is 4.79 Å². The van der Waals surface area contributed by atoms with E-state index in [1.807, 2.05) is 32.0 Å². The Morgan fingerprint density at radius 1 is 1.08 bits per heavy atom. The molecule has 1 N–H and O–H groups in total. The lowest BCUT2D eigenvalue weighted by molar-refractivity contribution is -0.116.